The van der Waals surface area contributed by atoms with Gasteiger partial charge in [0.05, 0.1) is 5.56 Å². The van der Waals surface area contributed by atoms with E-state index in [4.69, 9.17) is 10.5 Å². The summed E-state index contributed by atoms with van der Waals surface area (Å²) in [7, 11) is 0. The Balaban J connectivity index is 1.55. The molecule has 4 N–H and O–H groups in total. The Bertz CT molecular complexity index is 1060. The molecule has 0 spiro atoms. The van der Waals surface area contributed by atoms with Crippen molar-refractivity contribution in [2.75, 3.05) is 23.8 Å². The molecule has 1 heterocycles. The molecule has 7 nitrogen and oxygen atoms in total. The number of nitrogens with one attached hydrogen (secondary N) is 2. The first-order chi connectivity index (χ1) is 14.4. The first-order valence-electron chi connectivity index (χ1n) is 9.15. The molecule has 0 fully saturated rings. The van der Waals surface area contributed by atoms with Crippen molar-refractivity contribution in [1.29, 1.82) is 0 Å². The van der Waals surface area contributed by atoms with Gasteiger partial charge >= 0.3 is 0 Å². The summed E-state index contributed by atoms with van der Waals surface area (Å²) >= 11 is 1.24. The number of anilines is 2. The van der Waals surface area contributed by atoms with Gasteiger partial charge in [-0.2, -0.15) is 0 Å². The number of carbonyl (C=O) groups excluding carboxylic acids is 3. The summed E-state index contributed by atoms with van der Waals surface area (Å²) < 4.78 is 5.19. The molecule has 8 heteroatoms. The fourth-order valence-corrected chi connectivity index (χ4v) is 3.82. The van der Waals surface area contributed by atoms with E-state index in [-0.39, 0.29) is 24.7 Å². The van der Waals surface area contributed by atoms with E-state index in [1.165, 1.54) is 11.3 Å². The van der Waals surface area contributed by atoms with Crippen LogP contribution in [0.2, 0.25) is 0 Å². The SMILES string of the molecule is Cc1cccc(NC(=O)COCC(=O)Nc2sc(-c3ccccc3)cc2C(N)=O)c1. The second-order valence-electron chi connectivity index (χ2n) is 6.54. The number of thiophene rings is 1. The number of rotatable bonds is 8. The molecular formula is C22H21N3O4S. The maximum absolute atomic E-state index is 12.2. The van der Waals surface area contributed by atoms with Gasteiger partial charge < -0.3 is 21.1 Å². The van der Waals surface area contributed by atoms with E-state index in [0.717, 1.165) is 16.0 Å². The van der Waals surface area contributed by atoms with Gasteiger partial charge in [-0.15, -0.1) is 11.3 Å². The van der Waals surface area contributed by atoms with Crippen molar-refractivity contribution in [3.8, 4) is 10.4 Å². The zero-order valence-electron chi connectivity index (χ0n) is 16.3. The molecule has 0 bridgehead atoms. The summed E-state index contributed by atoms with van der Waals surface area (Å²) in [5, 5.41) is 5.68. The van der Waals surface area contributed by atoms with Crippen LogP contribution in [0.5, 0.6) is 0 Å². The minimum atomic E-state index is -0.637. The van der Waals surface area contributed by atoms with Gasteiger partial charge in [-0.05, 0) is 36.2 Å². The quantitative estimate of drug-likeness (QED) is 0.515. The highest BCUT2D eigenvalue weighted by molar-refractivity contribution is 7.20. The maximum atomic E-state index is 12.2. The first-order valence-corrected chi connectivity index (χ1v) is 9.97. The van der Waals surface area contributed by atoms with Gasteiger partial charge in [0, 0.05) is 10.6 Å². The van der Waals surface area contributed by atoms with Crippen LogP contribution in [0.1, 0.15) is 15.9 Å². The monoisotopic (exact) mass is 423 g/mol. The Morgan fingerprint density at radius 1 is 0.933 bits per heavy atom. The lowest BCUT2D eigenvalue weighted by atomic mass is 10.1. The fourth-order valence-electron chi connectivity index (χ4n) is 2.73. The maximum Gasteiger partial charge on any atom is 0.251 e. The summed E-state index contributed by atoms with van der Waals surface area (Å²) in [5.74, 6) is -1.49. The van der Waals surface area contributed by atoms with Crippen LogP contribution in [-0.2, 0) is 14.3 Å². The lowest BCUT2D eigenvalue weighted by Crippen LogP contribution is -2.24. The van der Waals surface area contributed by atoms with E-state index in [1.807, 2.05) is 55.5 Å². The lowest BCUT2D eigenvalue weighted by Gasteiger charge is -2.07. The molecule has 0 saturated carbocycles. The highest BCUT2D eigenvalue weighted by Crippen LogP contribution is 2.35. The topological polar surface area (TPSA) is 111 Å². The summed E-state index contributed by atoms with van der Waals surface area (Å²) in [6.07, 6.45) is 0. The van der Waals surface area contributed by atoms with Crippen LogP contribution >= 0.6 is 11.3 Å². The molecule has 3 aromatic rings. The van der Waals surface area contributed by atoms with Gasteiger partial charge in [-0.3, -0.25) is 14.4 Å². The van der Waals surface area contributed by atoms with Crippen molar-refractivity contribution >= 4 is 39.7 Å². The minimum absolute atomic E-state index is 0.226. The molecule has 0 atom stereocenters. The van der Waals surface area contributed by atoms with Crippen molar-refractivity contribution in [3.05, 3.63) is 71.8 Å². The second kappa shape index (κ2) is 9.82. The average molecular weight is 423 g/mol. The molecule has 0 aliphatic carbocycles. The Hall–Kier alpha value is -3.49. The molecular weight excluding hydrogens is 402 g/mol. The predicted octanol–water partition coefficient (Wildman–Crippen LogP) is 3.42. The number of benzene rings is 2. The van der Waals surface area contributed by atoms with Crippen LogP contribution in [0.3, 0.4) is 0 Å². The number of nitrogens with two attached hydrogens (primary N) is 1. The van der Waals surface area contributed by atoms with Crippen molar-refractivity contribution in [1.82, 2.24) is 0 Å². The smallest absolute Gasteiger partial charge is 0.251 e. The third-order valence-corrected chi connectivity index (χ3v) is 5.18. The molecule has 154 valence electrons. The second-order valence-corrected chi connectivity index (χ2v) is 7.59. The molecule has 1 aromatic heterocycles. The number of hydrogen-bond acceptors (Lipinski definition) is 5. The highest BCUT2D eigenvalue weighted by Gasteiger charge is 2.17. The van der Waals surface area contributed by atoms with Gasteiger partial charge in [0.1, 0.15) is 18.2 Å². The van der Waals surface area contributed by atoms with Crippen LogP contribution in [0.25, 0.3) is 10.4 Å². The normalized spacial score (nSPS) is 10.4. The number of amides is 3. The predicted molar refractivity (Wildman–Crippen MR) is 118 cm³/mol. The van der Waals surface area contributed by atoms with Gasteiger partial charge in [-0.1, -0.05) is 42.5 Å². The first kappa shape index (κ1) is 21.2. The molecule has 0 saturated heterocycles. The summed E-state index contributed by atoms with van der Waals surface area (Å²) in [4.78, 5) is 36.7. The Morgan fingerprint density at radius 3 is 2.30 bits per heavy atom. The molecule has 0 aliphatic heterocycles. The van der Waals surface area contributed by atoms with Crippen molar-refractivity contribution in [2.24, 2.45) is 5.73 Å². The number of aryl methyl sites for hydroxylation is 1. The van der Waals surface area contributed by atoms with Gasteiger partial charge in [0.15, 0.2) is 0 Å². The van der Waals surface area contributed by atoms with Crippen LogP contribution < -0.4 is 16.4 Å². The van der Waals surface area contributed by atoms with E-state index in [2.05, 4.69) is 10.6 Å². The van der Waals surface area contributed by atoms with E-state index >= 15 is 0 Å². The molecule has 3 amide bonds. The van der Waals surface area contributed by atoms with Crippen LogP contribution in [0.4, 0.5) is 10.7 Å². The number of carbonyl (C=O) groups is 3. The number of primary amides is 1. The van der Waals surface area contributed by atoms with Crippen LogP contribution in [0, 0.1) is 6.92 Å². The van der Waals surface area contributed by atoms with Gasteiger partial charge in [0.25, 0.3) is 11.8 Å². The Morgan fingerprint density at radius 2 is 1.63 bits per heavy atom. The largest absolute Gasteiger partial charge is 0.366 e. The minimum Gasteiger partial charge on any atom is -0.366 e. The van der Waals surface area contributed by atoms with E-state index in [0.29, 0.717) is 10.7 Å². The van der Waals surface area contributed by atoms with Gasteiger partial charge in [-0.25, -0.2) is 0 Å². The van der Waals surface area contributed by atoms with Crippen molar-refractivity contribution in [3.63, 3.8) is 0 Å². The zero-order chi connectivity index (χ0) is 21.5. The van der Waals surface area contributed by atoms with Crippen molar-refractivity contribution in [2.45, 2.75) is 6.92 Å². The van der Waals surface area contributed by atoms with E-state index < -0.39 is 11.8 Å². The van der Waals surface area contributed by atoms with E-state index in [9.17, 15) is 14.4 Å². The molecule has 2 aromatic carbocycles. The third-order valence-electron chi connectivity index (χ3n) is 4.08. The Kier molecular flexibility index (Phi) is 6.95. The summed E-state index contributed by atoms with van der Waals surface area (Å²) in [6.45, 7) is 1.31. The summed E-state index contributed by atoms with van der Waals surface area (Å²) in [6, 6.07) is 18.5. The molecule has 3 rings (SSSR count). The number of ether oxygens (including phenoxy) is 1. The zero-order valence-corrected chi connectivity index (χ0v) is 17.1. The molecule has 0 unspecified atom stereocenters. The average Bonchev–Trinajstić information content (AvgIpc) is 3.12. The molecule has 0 radical (unpaired) electrons. The third kappa shape index (κ3) is 5.76. The van der Waals surface area contributed by atoms with Crippen LogP contribution in [0.15, 0.2) is 60.7 Å². The standard InChI is InChI=1S/C22H21N3O4S/c1-14-6-5-9-16(10-14)24-19(26)12-29-13-20(27)25-22-17(21(23)28)11-18(30-22)15-7-3-2-4-8-15/h2-11H,12-13H2,1H3,(H2,23,28)(H,24,26)(H,25,27). The van der Waals surface area contributed by atoms with Crippen LogP contribution in [-0.4, -0.2) is 30.9 Å². The summed E-state index contributed by atoms with van der Waals surface area (Å²) in [5.41, 5.74) is 8.25. The lowest BCUT2D eigenvalue weighted by molar-refractivity contribution is -0.125. The fraction of sp³-hybridized carbons (Fsp3) is 0.136. The number of hydrogen-bond donors (Lipinski definition) is 3. The van der Waals surface area contributed by atoms with E-state index in [1.54, 1.807) is 12.1 Å². The molecule has 30 heavy (non-hydrogen) atoms. The van der Waals surface area contributed by atoms with Gasteiger partial charge in [0.2, 0.25) is 5.91 Å². The Labute approximate surface area is 177 Å². The molecule has 0 aliphatic rings. The highest BCUT2D eigenvalue weighted by atomic mass is 32.1. The van der Waals surface area contributed by atoms with Crippen molar-refractivity contribution < 1.29 is 19.1 Å².